The molecule has 20 heavy (non-hydrogen) atoms. The molecule has 1 amide bonds. The summed E-state index contributed by atoms with van der Waals surface area (Å²) < 4.78 is 5.99. The molecule has 1 aromatic carbocycles. The van der Waals surface area contributed by atoms with Crippen LogP contribution >= 0.6 is 15.9 Å². The Morgan fingerprint density at radius 3 is 2.75 bits per heavy atom. The topological polar surface area (TPSA) is 55.4 Å². The maximum atomic E-state index is 11.7. The lowest BCUT2D eigenvalue weighted by Gasteiger charge is -2.08. The maximum Gasteiger partial charge on any atom is 0.313 e. The fourth-order valence-electron chi connectivity index (χ4n) is 1.97. The van der Waals surface area contributed by atoms with Crippen LogP contribution in [0.1, 0.15) is 25.3 Å². The SMILES string of the molecule is Cc1ccc(OC(=O)CCNC(=O)C2CC2C)c(Br)c1. The first-order chi connectivity index (χ1) is 9.47. The van der Waals surface area contributed by atoms with Crippen molar-refractivity contribution in [3.63, 3.8) is 0 Å². The molecule has 0 bridgehead atoms. The standard InChI is InChI=1S/C15H18BrNO3/c1-9-3-4-13(12(16)7-9)20-14(18)5-6-17-15(19)11-8-10(11)2/h3-4,7,10-11H,5-6,8H2,1-2H3,(H,17,19). The van der Waals surface area contributed by atoms with E-state index in [9.17, 15) is 9.59 Å². The number of rotatable bonds is 5. The Bertz CT molecular complexity index is 530. The van der Waals surface area contributed by atoms with Gasteiger partial charge in [-0.3, -0.25) is 9.59 Å². The fourth-order valence-corrected chi connectivity index (χ4v) is 2.54. The van der Waals surface area contributed by atoms with Crippen LogP contribution in [0.2, 0.25) is 0 Å². The van der Waals surface area contributed by atoms with Gasteiger partial charge in [0.25, 0.3) is 0 Å². The zero-order valence-electron chi connectivity index (χ0n) is 11.6. The highest BCUT2D eigenvalue weighted by Crippen LogP contribution is 2.37. The Balaban J connectivity index is 1.73. The Labute approximate surface area is 127 Å². The first kappa shape index (κ1) is 15.0. The van der Waals surface area contributed by atoms with Crippen LogP contribution in [0.5, 0.6) is 5.75 Å². The van der Waals surface area contributed by atoms with E-state index in [4.69, 9.17) is 4.74 Å². The summed E-state index contributed by atoms with van der Waals surface area (Å²) in [4.78, 5) is 23.3. The highest BCUT2D eigenvalue weighted by Gasteiger charge is 2.38. The third kappa shape index (κ3) is 4.07. The van der Waals surface area contributed by atoms with Crippen molar-refractivity contribution in [3.8, 4) is 5.75 Å². The van der Waals surface area contributed by atoms with Crippen LogP contribution in [0, 0.1) is 18.8 Å². The summed E-state index contributed by atoms with van der Waals surface area (Å²) >= 11 is 3.35. The molecule has 0 saturated heterocycles. The number of amides is 1. The van der Waals surface area contributed by atoms with Gasteiger partial charge >= 0.3 is 5.97 Å². The quantitative estimate of drug-likeness (QED) is 0.662. The van der Waals surface area contributed by atoms with Gasteiger partial charge < -0.3 is 10.1 Å². The molecule has 108 valence electrons. The van der Waals surface area contributed by atoms with Gasteiger partial charge in [-0.2, -0.15) is 0 Å². The third-order valence-corrected chi connectivity index (χ3v) is 4.01. The Hall–Kier alpha value is -1.36. The summed E-state index contributed by atoms with van der Waals surface area (Å²) in [5, 5.41) is 2.76. The number of ether oxygens (including phenoxy) is 1. The van der Waals surface area contributed by atoms with Crippen LogP contribution in [0.3, 0.4) is 0 Å². The van der Waals surface area contributed by atoms with E-state index in [-0.39, 0.29) is 24.2 Å². The summed E-state index contributed by atoms with van der Waals surface area (Å²) in [6, 6.07) is 5.52. The molecule has 1 aliphatic carbocycles. The van der Waals surface area contributed by atoms with Crippen LogP contribution in [0.4, 0.5) is 0 Å². The largest absolute Gasteiger partial charge is 0.425 e. The minimum Gasteiger partial charge on any atom is -0.425 e. The van der Waals surface area contributed by atoms with Crippen molar-refractivity contribution in [2.45, 2.75) is 26.7 Å². The summed E-state index contributed by atoms with van der Waals surface area (Å²) in [5.74, 6) is 0.811. The zero-order valence-corrected chi connectivity index (χ0v) is 13.2. The molecule has 1 saturated carbocycles. The number of carbonyl (C=O) groups is 2. The Morgan fingerprint density at radius 1 is 1.45 bits per heavy atom. The second-order valence-electron chi connectivity index (χ2n) is 5.27. The molecule has 1 aliphatic rings. The number of benzene rings is 1. The van der Waals surface area contributed by atoms with Crippen molar-refractivity contribution < 1.29 is 14.3 Å². The van der Waals surface area contributed by atoms with Gasteiger partial charge in [-0.1, -0.05) is 13.0 Å². The van der Waals surface area contributed by atoms with Crippen molar-refractivity contribution in [2.24, 2.45) is 11.8 Å². The first-order valence-electron chi connectivity index (χ1n) is 6.72. The summed E-state index contributed by atoms with van der Waals surface area (Å²) in [6.07, 6.45) is 1.12. The van der Waals surface area contributed by atoms with Gasteiger partial charge in [-0.05, 0) is 52.9 Å². The Morgan fingerprint density at radius 2 is 2.15 bits per heavy atom. The van der Waals surface area contributed by atoms with Gasteiger partial charge in [0.15, 0.2) is 0 Å². The van der Waals surface area contributed by atoms with Gasteiger partial charge in [0, 0.05) is 12.5 Å². The van der Waals surface area contributed by atoms with Crippen LogP contribution in [0.15, 0.2) is 22.7 Å². The number of hydrogen-bond donors (Lipinski definition) is 1. The second-order valence-corrected chi connectivity index (χ2v) is 6.12. The van der Waals surface area contributed by atoms with Crippen molar-refractivity contribution >= 4 is 27.8 Å². The number of nitrogens with one attached hydrogen (secondary N) is 1. The lowest BCUT2D eigenvalue weighted by atomic mass is 10.2. The molecule has 1 N–H and O–H groups in total. The molecule has 1 aromatic rings. The first-order valence-corrected chi connectivity index (χ1v) is 7.51. The number of aryl methyl sites for hydroxylation is 1. The molecular weight excluding hydrogens is 322 g/mol. The van der Waals surface area contributed by atoms with Crippen LogP contribution < -0.4 is 10.1 Å². The summed E-state index contributed by atoms with van der Waals surface area (Å²) in [7, 11) is 0. The van der Waals surface area contributed by atoms with E-state index in [1.54, 1.807) is 6.07 Å². The molecule has 0 aliphatic heterocycles. The van der Waals surface area contributed by atoms with E-state index >= 15 is 0 Å². The summed E-state index contributed by atoms with van der Waals surface area (Å²) in [5.41, 5.74) is 1.09. The van der Waals surface area contributed by atoms with Gasteiger partial charge in [0.2, 0.25) is 5.91 Å². The van der Waals surface area contributed by atoms with E-state index in [0.29, 0.717) is 18.2 Å². The monoisotopic (exact) mass is 339 g/mol. The maximum absolute atomic E-state index is 11.7. The molecule has 1 fully saturated rings. The highest BCUT2D eigenvalue weighted by atomic mass is 79.9. The molecular formula is C15H18BrNO3. The number of carbonyl (C=O) groups excluding carboxylic acids is 2. The predicted molar refractivity (Wildman–Crippen MR) is 79.4 cm³/mol. The molecule has 0 spiro atoms. The van der Waals surface area contributed by atoms with Crippen molar-refractivity contribution in [2.75, 3.05) is 6.54 Å². The van der Waals surface area contributed by atoms with E-state index in [0.717, 1.165) is 16.5 Å². The minimum absolute atomic E-state index is 0.0433. The van der Waals surface area contributed by atoms with E-state index in [1.165, 1.54) is 0 Å². The zero-order chi connectivity index (χ0) is 14.7. The van der Waals surface area contributed by atoms with Crippen molar-refractivity contribution in [1.82, 2.24) is 5.32 Å². The average Bonchev–Trinajstić information content (AvgIpc) is 3.10. The fraction of sp³-hybridized carbons (Fsp3) is 0.467. The van der Waals surface area contributed by atoms with Crippen LogP contribution in [0.25, 0.3) is 0 Å². The van der Waals surface area contributed by atoms with Crippen LogP contribution in [-0.2, 0) is 9.59 Å². The van der Waals surface area contributed by atoms with Gasteiger partial charge in [-0.25, -0.2) is 0 Å². The van der Waals surface area contributed by atoms with Crippen molar-refractivity contribution in [3.05, 3.63) is 28.2 Å². The smallest absolute Gasteiger partial charge is 0.313 e. The van der Waals surface area contributed by atoms with Crippen LogP contribution in [-0.4, -0.2) is 18.4 Å². The molecule has 0 radical (unpaired) electrons. The lowest BCUT2D eigenvalue weighted by Crippen LogP contribution is -2.28. The van der Waals surface area contributed by atoms with Gasteiger partial charge in [-0.15, -0.1) is 0 Å². The molecule has 4 nitrogen and oxygen atoms in total. The summed E-state index contributed by atoms with van der Waals surface area (Å²) in [6.45, 7) is 4.34. The normalized spacial score (nSPS) is 20.4. The number of halogens is 1. The van der Waals surface area contributed by atoms with E-state index in [1.807, 2.05) is 26.0 Å². The van der Waals surface area contributed by atoms with E-state index in [2.05, 4.69) is 21.2 Å². The highest BCUT2D eigenvalue weighted by molar-refractivity contribution is 9.10. The number of esters is 1. The van der Waals surface area contributed by atoms with Gasteiger partial charge in [0.05, 0.1) is 10.9 Å². The average molecular weight is 340 g/mol. The molecule has 2 rings (SSSR count). The lowest BCUT2D eigenvalue weighted by molar-refractivity contribution is -0.134. The second kappa shape index (κ2) is 6.39. The molecule has 2 atom stereocenters. The third-order valence-electron chi connectivity index (χ3n) is 3.39. The predicted octanol–water partition coefficient (Wildman–Crippen LogP) is 2.83. The Kier molecular flexibility index (Phi) is 4.81. The molecule has 2 unspecified atom stereocenters. The molecule has 0 heterocycles. The number of hydrogen-bond acceptors (Lipinski definition) is 3. The molecule has 0 aromatic heterocycles. The van der Waals surface area contributed by atoms with Gasteiger partial charge in [0.1, 0.15) is 5.75 Å². The van der Waals surface area contributed by atoms with E-state index < -0.39 is 0 Å². The molecule has 5 heteroatoms. The van der Waals surface area contributed by atoms with Crippen molar-refractivity contribution in [1.29, 1.82) is 0 Å². The minimum atomic E-state index is -0.348.